The van der Waals surface area contributed by atoms with Crippen LogP contribution >= 0.6 is 0 Å². The van der Waals surface area contributed by atoms with Crippen LogP contribution in [0.5, 0.6) is 0 Å². The Morgan fingerprint density at radius 2 is 2.22 bits per heavy atom. The predicted molar refractivity (Wildman–Crippen MR) is 84.8 cm³/mol. The van der Waals surface area contributed by atoms with Crippen LogP contribution in [0.4, 0.5) is 5.95 Å². The van der Waals surface area contributed by atoms with Crippen molar-refractivity contribution in [2.75, 3.05) is 5.32 Å². The lowest BCUT2D eigenvalue weighted by atomic mass is 10.2. The zero-order chi connectivity index (χ0) is 16.2. The minimum Gasteiger partial charge on any atom is -0.467 e. The molecule has 7 heteroatoms. The maximum Gasteiger partial charge on any atom is 0.252 e. The fraction of sp³-hybridized carbons (Fsp3) is 0.250. The van der Waals surface area contributed by atoms with Gasteiger partial charge in [0.05, 0.1) is 12.8 Å². The van der Waals surface area contributed by atoms with Crippen LogP contribution in [0, 0.1) is 5.92 Å². The van der Waals surface area contributed by atoms with E-state index in [1.165, 1.54) is 4.68 Å². The number of nitrogens with zero attached hydrogens (tertiary/aromatic N) is 4. The lowest BCUT2D eigenvalue weighted by Crippen LogP contribution is -2.21. The molecule has 0 atom stereocenters. The standard InChI is InChI=1S/C16H17N5O2/c1-11(2)15(22)21-16(18-10-13-6-4-8-23-13)19-14(20-21)12-5-3-7-17-9-12/h3-9,11H,10H2,1-2H3,(H,18,19,20). The van der Waals surface area contributed by atoms with E-state index in [-0.39, 0.29) is 11.8 Å². The lowest BCUT2D eigenvalue weighted by Gasteiger charge is -2.07. The Morgan fingerprint density at radius 1 is 1.35 bits per heavy atom. The Kier molecular flexibility index (Phi) is 4.18. The highest BCUT2D eigenvalue weighted by Crippen LogP contribution is 2.18. The topological polar surface area (TPSA) is 85.8 Å². The van der Waals surface area contributed by atoms with E-state index in [0.717, 1.165) is 11.3 Å². The van der Waals surface area contributed by atoms with E-state index >= 15 is 0 Å². The molecule has 0 fully saturated rings. The van der Waals surface area contributed by atoms with E-state index in [2.05, 4.69) is 20.4 Å². The van der Waals surface area contributed by atoms with Gasteiger partial charge in [-0.15, -0.1) is 5.10 Å². The van der Waals surface area contributed by atoms with Gasteiger partial charge in [0.2, 0.25) is 5.95 Å². The van der Waals surface area contributed by atoms with E-state index < -0.39 is 0 Å². The SMILES string of the molecule is CC(C)C(=O)n1nc(-c2cccnc2)nc1NCc1ccco1. The summed E-state index contributed by atoms with van der Waals surface area (Å²) < 4.78 is 6.58. The summed E-state index contributed by atoms with van der Waals surface area (Å²) in [5.41, 5.74) is 0.754. The van der Waals surface area contributed by atoms with Crippen LogP contribution in [0.2, 0.25) is 0 Å². The molecule has 3 rings (SSSR count). The number of pyridine rings is 1. The molecule has 0 saturated carbocycles. The van der Waals surface area contributed by atoms with Crippen molar-refractivity contribution < 1.29 is 9.21 Å². The number of aromatic nitrogens is 4. The molecule has 7 nitrogen and oxygen atoms in total. The van der Waals surface area contributed by atoms with E-state index in [1.54, 1.807) is 24.7 Å². The van der Waals surface area contributed by atoms with Crippen molar-refractivity contribution in [1.82, 2.24) is 19.7 Å². The van der Waals surface area contributed by atoms with Gasteiger partial charge >= 0.3 is 0 Å². The minimum atomic E-state index is -0.192. The lowest BCUT2D eigenvalue weighted by molar-refractivity contribution is 0.0841. The Bertz CT molecular complexity index is 778. The van der Waals surface area contributed by atoms with Crippen LogP contribution in [0.25, 0.3) is 11.4 Å². The second kappa shape index (κ2) is 6.43. The molecule has 0 unspecified atom stereocenters. The molecular weight excluding hydrogens is 294 g/mol. The molecule has 0 aliphatic carbocycles. The number of carbonyl (C=O) groups is 1. The smallest absolute Gasteiger partial charge is 0.252 e. The molecule has 118 valence electrons. The van der Waals surface area contributed by atoms with Crippen molar-refractivity contribution in [1.29, 1.82) is 0 Å². The normalized spacial score (nSPS) is 10.9. The third-order valence-electron chi connectivity index (χ3n) is 3.23. The summed E-state index contributed by atoms with van der Waals surface area (Å²) in [4.78, 5) is 20.8. The molecule has 1 N–H and O–H groups in total. The van der Waals surface area contributed by atoms with Crippen molar-refractivity contribution in [2.24, 2.45) is 5.92 Å². The first-order valence-electron chi connectivity index (χ1n) is 7.33. The molecule has 0 aliphatic rings. The maximum atomic E-state index is 12.4. The summed E-state index contributed by atoms with van der Waals surface area (Å²) in [5, 5.41) is 7.42. The fourth-order valence-electron chi connectivity index (χ4n) is 2.02. The zero-order valence-electron chi connectivity index (χ0n) is 12.9. The van der Waals surface area contributed by atoms with Gasteiger partial charge in [0.25, 0.3) is 5.91 Å². The first-order valence-corrected chi connectivity index (χ1v) is 7.33. The van der Waals surface area contributed by atoms with E-state index in [4.69, 9.17) is 4.42 Å². The van der Waals surface area contributed by atoms with Gasteiger partial charge in [-0.05, 0) is 24.3 Å². The van der Waals surface area contributed by atoms with Crippen LogP contribution in [0.15, 0.2) is 47.3 Å². The van der Waals surface area contributed by atoms with E-state index in [1.807, 2.05) is 32.0 Å². The Hall–Kier alpha value is -2.96. The molecule has 0 saturated heterocycles. The van der Waals surface area contributed by atoms with E-state index in [9.17, 15) is 4.79 Å². The first-order chi connectivity index (χ1) is 11.1. The molecule has 23 heavy (non-hydrogen) atoms. The zero-order valence-corrected chi connectivity index (χ0v) is 12.9. The maximum absolute atomic E-state index is 12.4. The predicted octanol–water partition coefficient (Wildman–Crippen LogP) is 2.84. The van der Waals surface area contributed by atoms with Crippen LogP contribution in [-0.4, -0.2) is 25.7 Å². The average molecular weight is 311 g/mol. The highest BCUT2D eigenvalue weighted by Gasteiger charge is 2.19. The molecule has 3 aromatic rings. The molecule has 0 amide bonds. The van der Waals surface area contributed by atoms with Gasteiger partial charge in [-0.2, -0.15) is 9.67 Å². The summed E-state index contributed by atoms with van der Waals surface area (Å²) in [7, 11) is 0. The van der Waals surface area contributed by atoms with Crippen molar-refractivity contribution in [3.63, 3.8) is 0 Å². The summed E-state index contributed by atoms with van der Waals surface area (Å²) in [5.74, 6) is 1.27. The molecule has 0 bridgehead atoms. The fourth-order valence-corrected chi connectivity index (χ4v) is 2.02. The molecule has 0 aliphatic heterocycles. The van der Waals surface area contributed by atoms with Crippen LogP contribution in [-0.2, 0) is 6.54 Å². The Labute approximate surface area is 133 Å². The number of anilines is 1. The highest BCUT2D eigenvalue weighted by molar-refractivity contribution is 5.83. The molecule has 0 spiro atoms. The minimum absolute atomic E-state index is 0.130. The van der Waals surface area contributed by atoms with Crippen molar-refractivity contribution >= 4 is 11.9 Å². The van der Waals surface area contributed by atoms with Gasteiger partial charge in [-0.25, -0.2) is 0 Å². The number of hydrogen-bond acceptors (Lipinski definition) is 6. The number of nitrogens with one attached hydrogen (secondary N) is 1. The van der Waals surface area contributed by atoms with Gasteiger partial charge in [0, 0.05) is 23.9 Å². The highest BCUT2D eigenvalue weighted by atomic mass is 16.3. The molecule has 0 radical (unpaired) electrons. The summed E-state index contributed by atoms with van der Waals surface area (Å²) >= 11 is 0. The largest absolute Gasteiger partial charge is 0.467 e. The van der Waals surface area contributed by atoms with Gasteiger partial charge in [-0.1, -0.05) is 13.8 Å². The summed E-state index contributed by atoms with van der Waals surface area (Å²) in [6.45, 7) is 4.07. The second-order valence-electron chi connectivity index (χ2n) is 5.34. The van der Waals surface area contributed by atoms with Gasteiger partial charge in [0.15, 0.2) is 5.82 Å². The molecule has 0 aromatic carbocycles. The van der Waals surface area contributed by atoms with Crippen molar-refractivity contribution in [2.45, 2.75) is 20.4 Å². The summed E-state index contributed by atoms with van der Waals surface area (Å²) in [6.07, 6.45) is 4.94. The first kappa shape index (κ1) is 15.0. The Balaban J connectivity index is 1.92. The molecule has 3 aromatic heterocycles. The van der Waals surface area contributed by atoms with Gasteiger partial charge < -0.3 is 9.73 Å². The van der Waals surface area contributed by atoms with Crippen LogP contribution < -0.4 is 5.32 Å². The Morgan fingerprint density at radius 3 is 2.87 bits per heavy atom. The molecular formula is C16H17N5O2. The van der Waals surface area contributed by atoms with Crippen LogP contribution in [0.1, 0.15) is 24.4 Å². The van der Waals surface area contributed by atoms with Gasteiger partial charge in [-0.3, -0.25) is 9.78 Å². The number of hydrogen-bond donors (Lipinski definition) is 1. The van der Waals surface area contributed by atoms with Gasteiger partial charge in [0.1, 0.15) is 5.76 Å². The number of furan rings is 1. The number of rotatable bonds is 5. The van der Waals surface area contributed by atoms with E-state index in [0.29, 0.717) is 18.3 Å². The van der Waals surface area contributed by atoms with Crippen molar-refractivity contribution in [3.8, 4) is 11.4 Å². The monoisotopic (exact) mass is 311 g/mol. The average Bonchev–Trinajstić information content (AvgIpc) is 3.22. The second-order valence-corrected chi connectivity index (χ2v) is 5.34. The van der Waals surface area contributed by atoms with Crippen LogP contribution in [0.3, 0.4) is 0 Å². The van der Waals surface area contributed by atoms with Crippen molar-refractivity contribution in [3.05, 3.63) is 48.7 Å². The molecule has 3 heterocycles. The summed E-state index contributed by atoms with van der Waals surface area (Å²) in [6, 6.07) is 7.31. The third-order valence-corrected chi connectivity index (χ3v) is 3.23. The third kappa shape index (κ3) is 3.28. The quantitative estimate of drug-likeness (QED) is 0.779. The number of carbonyl (C=O) groups excluding carboxylic acids is 1.